The van der Waals surface area contributed by atoms with E-state index in [4.69, 9.17) is 0 Å². The van der Waals surface area contributed by atoms with Gasteiger partial charge in [0.15, 0.2) is 0 Å². The van der Waals surface area contributed by atoms with Gasteiger partial charge >= 0.3 is 0 Å². The predicted molar refractivity (Wildman–Crippen MR) is 91.8 cm³/mol. The van der Waals surface area contributed by atoms with Gasteiger partial charge in [0, 0.05) is 42.0 Å². The van der Waals surface area contributed by atoms with E-state index in [1.54, 1.807) is 16.7 Å². The highest BCUT2D eigenvalue weighted by atomic mass is 32.2. The fraction of sp³-hybridized carbons (Fsp3) is 0.667. The topological polar surface area (TPSA) is 69.3 Å². The van der Waals surface area contributed by atoms with Crippen LogP contribution in [-0.2, 0) is 4.79 Å². The SMILES string of the molecule is O=C(C1CSCN1C(=O)c1cc(C2CC2)[nH]n1)N1CCSCC1. The van der Waals surface area contributed by atoms with E-state index in [0.29, 0.717) is 23.2 Å². The van der Waals surface area contributed by atoms with Gasteiger partial charge in [-0.15, -0.1) is 11.8 Å². The zero-order valence-corrected chi connectivity index (χ0v) is 14.5. The third-order valence-electron chi connectivity index (χ3n) is 4.58. The Morgan fingerprint density at radius 3 is 2.74 bits per heavy atom. The molecule has 0 aromatic carbocycles. The number of aromatic amines is 1. The first-order valence-electron chi connectivity index (χ1n) is 8.04. The molecule has 23 heavy (non-hydrogen) atoms. The van der Waals surface area contributed by atoms with Crippen molar-refractivity contribution in [3.05, 3.63) is 17.5 Å². The fourth-order valence-corrected chi connectivity index (χ4v) is 5.09. The molecule has 0 spiro atoms. The van der Waals surface area contributed by atoms with Crippen LogP contribution in [-0.4, -0.2) is 74.1 Å². The number of nitrogens with one attached hydrogen (secondary N) is 1. The van der Waals surface area contributed by atoms with Crippen molar-refractivity contribution in [3.8, 4) is 0 Å². The lowest BCUT2D eigenvalue weighted by Crippen LogP contribution is -2.51. The molecule has 0 bridgehead atoms. The molecule has 1 unspecified atom stereocenters. The molecule has 2 saturated heterocycles. The van der Waals surface area contributed by atoms with Crippen molar-refractivity contribution in [1.29, 1.82) is 0 Å². The molecule has 0 radical (unpaired) electrons. The van der Waals surface area contributed by atoms with Crippen LogP contribution in [0, 0.1) is 0 Å². The molecule has 124 valence electrons. The molecule has 1 N–H and O–H groups in total. The van der Waals surface area contributed by atoms with E-state index in [2.05, 4.69) is 10.2 Å². The minimum atomic E-state index is -0.336. The number of carbonyl (C=O) groups excluding carboxylic acids is 2. The molecule has 1 atom stereocenters. The van der Waals surface area contributed by atoms with Crippen LogP contribution in [0.15, 0.2) is 6.07 Å². The monoisotopic (exact) mass is 352 g/mol. The second-order valence-corrected chi connectivity index (χ2v) is 8.44. The van der Waals surface area contributed by atoms with Crippen LogP contribution >= 0.6 is 23.5 Å². The van der Waals surface area contributed by atoms with Crippen LogP contribution in [0.3, 0.4) is 0 Å². The van der Waals surface area contributed by atoms with Gasteiger partial charge in [0.05, 0.1) is 5.88 Å². The summed E-state index contributed by atoms with van der Waals surface area (Å²) in [6.45, 7) is 1.59. The molecule has 2 amide bonds. The van der Waals surface area contributed by atoms with Crippen LogP contribution in [0.1, 0.15) is 34.9 Å². The van der Waals surface area contributed by atoms with Crippen molar-refractivity contribution in [2.24, 2.45) is 0 Å². The van der Waals surface area contributed by atoms with Crippen molar-refractivity contribution in [3.63, 3.8) is 0 Å². The average Bonchev–Trinajstić information content (AvgIpc) is 3.14. The summed E-state index contributed by atoms with van der Waals surface area (Å²) in [4.78, 5) is 29.1. The Hall–Kier alpha value is -1.15. The summed E-state index contributed by atoms with van der Waals surface area (Å²) in [6, 6.07) is 1.53. The summed E-state index contributed by atoms with van der Waals surface area (Å²) in [6.07, 6.45) is 2.34. The molecular formula is C15H20N4O2S2. The van der Waals surface area contributed by atoms with Crippen LogP contribution in [0.25, 0.3) is 0 Å². The average molecular weight is 352 g/mol. The molecule has 1 saturated carbocycles. The largest absolute Gasteiger partial charge is 0.339 e. The molecule has 1 aromatic heterocycles. The lowest BCUT2D eigenvalue weighted by atomic mass is 10.2. The first kappa shape index (κ1) is 15.4. The van der Waals surface area contributed by atoms with E-state index >= 15 is 0 Å². The van der Waals surface area contributed by atoms with E-state index in [1.165, 1.54) is 12.8 Å². The van der Waals surface area contributed by atoms with Crippen molar-refractivity contribution in [1.82, 2.24) is 20.0 Å². The second-order valence-electron chi connectivity index (χ2n) is 6.21. The third-order valence-corrected chi connectivity index (χ3v) is 6.54. The Balaban J connectivity index is 1.47. The summed E-state index contributed by atoms with van der Waals surface area (Å²) < 4.78 is 0. The summed E-state index contributed by atoms with van der Waals surface area (Å²) >= 11 is 3.53. The van der Waals surface area contributed by atoms with Crippen LogP contribution < -0.4 is 0 Å². The van der Waals surface area contributed by atoms with Gasteiger partial charge < -0.3 is 9.80 Å². The Morgan fingerprint density at radius 2 is 2.00 bits per heavy atom. The number of carbonyl (C=O) groups is 2. The van der Waals surface area contributed by atoms with Crippen molar-refractivity contribution < 1.29 is 9.59 Å². The Labute approximate surface area is 143 Å². The normalized spacial score (nSPS) is 25.0. The second kappa shape index (κ2) is 6.39. The van der Waals surface area contributed by atoms with E-state index in [1.807, 2.05) is 22.7 Å². The van der Waals surface area contributed by atoms with Crippen LogP contribution in [0.4, 0.5) is 0 Å². The van der Waals surface area contributed by atoms with Gasteiger partial charge in [-0.2, -0.15) is 16.9 Å². The molecule has 1 aliphatic carbocycles. The highest BCUT2D eigenvalue weighted by Crippen LogP contribution is 2.39. The molecular weight excluding hydrogens is 332 g/mol. The minimum absolute atomic E-state index is 0.0987. The van der Waals surface area contributed by atoms with Gasteiger partial charge in [-0.05, 0) is 18.9 Å². The van der Waals surface area contributed by atoms with Crippen molar-refractivity contribution in [2.45, 2.75) is 24.8 Å². The lowest BCUT2D eigenvalue weighted by Gasteiger charge is -2.31. The van der Waals surface area contributed by atoms with E-state index < -0.39 is 0 Å². The fourth-order valence-electron chi connectivity index (χ4n) is 3.04. The number of thioether (sulfide) groups is 2. The number of nitrogens with zero attached hydrogens (tertiary/aromatic N) is 3. The van der Waals surface area contributed by atoms with E-state index in [9.17, 15) is 9.59 Å². The smallest absolute Gasteiger partial charge is 0.275 e. The number of hydrogen-bond donors (Lipinski definition) is 1. The number of H-pyrrole nitrogens is 1. The van der Waals surface area contributed by atoms with E-state index in [0.717, 1.165) is 30.3 Å². The zero-order chi connectivity index (χ0) is 15.8. The summed E-state index contributed by atoms with van der Waals surface area (Å²) in [7, 11) is 0. The van der Waals surface area contributed by atoms with Crippen molar-refractivity contribution >= 4 is 35.3 Å². The van der Waals surface area contributed by atoms with Crippen molar-refractivity contribution in [2.75, 3.05) is 36.2 Å². The molecule has 1 aromatic rings. The number of hydrogen-bond acceptors (Lipinski definition) is 5. The molecule has 3 aliphatic rings. The summed E-state index contributed by atoms with van der Waals surface area (Å²) in [5.41, 5.74) is 1.50. The lowest BCUT2D eigenvalue weighted by molar-refractivity contribution is -0.134. The molecule has 4 rings (SSSR count). The van der Waals surface area contributed by atoms with Gasteiger partial charge in [-0.25, -0.2) is 0 Å². The molecule has 6 nitrogen and oxygen atoms in total. The van der Waals surface area contributed by atoms with Crippen LogP contribution in [0.2, 0.25) is 0 Å². The summed E-state index contributed by atoms with van der Waals surface area (Å²) in [5, 5.41) is 7.15. The number of rotatable bonds is 3. The molecule has 8 heteroatoms. The molecule has 3 fully saturated rings. The maximum absolute atomic E-state index is 12.8. The zero-order valence-electron chi connectivity index (χ0n) is 12.9. The third kappa shape index (κ3) is 3.10. The van der Waals surface area contributed by atoms with Crippen LogP contribution in [0.5, 0.6) is 0 Å². The van der Waals surface area contributed by atoms with Gasteiger partial charge in [0.25, 0.3) is 5.91 Å². The molecule has 2 aliphatic heterocycles. The Morgan fingerprint density at radius 1 is 1.22 bits per heavy atom. The first-order chi connectivity index (χ1) is 11.2. The first-order valence-corrected chi connectivity index (χ1v) is 10.4. The molecule has 3 heterocycles. The maximum atomic E-state index is 12.8. The maximum Gasteiger partial charge on any atom is 0.275 e. The Bertz CT molecular complexity index is 610. The summed E-state index contributed by atoms with van der Waals surface area (Å²) in [5.74, 6) is 3.76. The van der Waals surface area contributed by atoms with Gasteiger partial charge in [0.2, 0.25) is 5.91 Å². The van der Waals surface area contributed by atoms with E-state index in [-0.39, 0.29) is 17.9 Å². The highest BCUT2D eigenvalue weighted by molar-refractivity contribution is 7.99. The van der Waals surface area contributed by atoms with Gasteiger partial charge in [-0.3, -0.25) is 14.7 Å². The van der Waals surface area contributed by atoms with Gasteiger partial charge in [0.1, 0.15) is 11.7 Å². The minimum Gasteiger partial charge on any atom is -0.339 e. The van der Waals surface area contributed by atoms with Gasteiger partial charge in [-0.1, -0.05) is 0 Å². The predicted octanol–water partition coefficient (Wildman–Crippen LogP) is 1.38. The number of aromatic nitrogens is 2. The number of amides is 2. The quantitative estimate of drug-likeness (QED) is 0.890. The Kier molecular flexibility index (Phi) is 4.27. The highest BCUT2D eigenvalue weighted by Gasteiger charge is 2.38. The standard InChI is InChI=1S/C15H20N4O2S2/c20-14(12-7-11(16-17-12)10-1-2-10)19-9-23-8-13(19)15(21)18-3-5-22-6-4-18/h7,10,13H,1-6,8-9H2,(H,16,17).